The van der Waals surface area contributed by atoms with E-state index in [9.17, 15) is 9.18 Å². The van der Waals surface area contributed by atoms with Crippen LogP contribution in [-0.2, 0) is 16.1 Å². The highest BCUT2D eigenvalue weighted by Gasteiger charge is 2.28. The van der Waals surface area contributed by atoms with E-state index in [0.29, 0.717) is 30.0 Å². The van der Waals surface area contributed by atoms with Gasteiger partial charge in [-0.25, -0.2) is 19.3 Å². The number of halogens is 1. The van der Waals surface area contributed by atoms with Gasteiger partial charge in [0.2, 0.25) is 5.89 Å². The molecular weight excluding hydrogens is 443 g/mol. The Balaban J connectivity index is 1.18. The fourth-order valence-electron chi connectivity index (χ4n) is 4.09. The van der Waals surface area contributed by atoms with Gasteiger partial charge in [0.05, 0.1) is 11.3 Å². The van der Waals surface area contributed by atoms with Crippen molar-refractivity contribution < 1.29 is 18.3 Å². The lowest BCUT2D eigenvalue weighted by molar-refractivity contribution is -0.150. The molecule has 0 saturated carbocycles. The number of benzene rings is 1. The van der Waals surface area contributed by atoms with Crippen LogP contribution < -0.4 is 4.90 Å². The first-order chi connectivity index (χ1) is 16.0. The molecule has 4 aromatic rings. The summed E-state index contributed by atoms with van der Waals surface area (Å²) < 4.78 is 24.0. The molecule has 9 heteroatoms. The van der Waals surface area contributed by atoms with Crippen molar-refractivity contribution >= 4 is 33.3 Å². The SMILES string of the molecule is Cc1sc2ncnc(N3CCC(C(=O)OCc4coc(-c5ccc(F)cc5)n4)CC3)c2c1C. The molecule has 4 heterocycles. The Labute approximate surface area is 194 Å². The first-order valence-corrected chi connectivity index (χ1v) is 11.6. The van der Waals surface area contributed by atoms with Gasteiger partial charge in [-0.3, -0.25) is 4.79 Å². The van der Waals surface area contributed by atoms with Gasteiger partial charge in [-0.1, -0.05) is 0 Å². The molecule has 3 aromatic heterocycles. The van der Waals surface area contributed by atoms with E-state index in [2.05, 4.69) is 33.7 Å². The lowest BCUT2D eigenvalue weighted by atomic mass is 9.97. The third-order valence-electron chi connectivity index (χ3n) is 6.08. The Morgan fingerprint density at radius 2 is 1.97 bits per heavy atom. The van der Waals surface area contributed by atoms with E-state index >= 15 is 0 Å². The third kappa shape index (κ3) is 4.32. The predicted molar refractivity (Wildman–Crippen MR) is 124 cm³/mol. The minimum Gasteiger partial charge on any atom is -0.459 e. The van der Waals surface area contributed by atoms with Crippen LogP contribution >= 0.6 is 11.3 Å². The van der Waals surface area contributed by atoms with E-state index in [4.69, 9.17) is 9.15 Å². The molecule has 0 atom stereocenters. The van der Waals surface area contributed by atoms with Crippen molar-refractivity contribution in [2.45, 2.75) is 33.3 Å². The number of aromatic nitrogens is 3. The number of aryl methyl sites for hydroxylation is 2. The zero-order valence-electron chi connectivity index (χ0n) is 18.4. The van der Waals surface area contributed by atoms with Gasteiger partial charge in [0, 0.05) is 23.5 Å². The number of hydrogen-bond acceptors (Lipinski definition) is 8. The summed E-state index contributed by atoms with van der Waals surface area (Å²) in [7, 11) is 0. The number of oxazole rings is 1. The lowest BCUT2D eigenvalue weighted by Crippen LogP contribution is -2.37. The summed E-state index contributed by atoms with van der Waals surface area (Å²) in [6, 6.07) is 5.88. The molecule has 0 aliphatic carbocycles. The minimum absolute atomic E-state index is 0.0453. The summed E-state index contributed by atoms with van der Waals surface area (Å²) in [5.41, 5.74) is 2.41. The first-order valence-electron chi connectivity index (χ1n) is 10.8. The summed E-state index contributed by atoms with van der Waals surface area (Å²) in [5, 5.41) is 1.11. The molecule has 33 heavy (non-hydrogen) atoms. The number of piperidine rings is 1. The van der Waals surface area contributed by atoms with Gasteiger partial charge in [-0.15, -0.1) is 11.3 Å². The molecule has 0 bridgehead atoms. The van der Waals surface area contributed by atoms with Gasteiger partial charge in [0.15, 0.2) is 0 Å². The zero-order valence-corrected chi connectivity index (χ0v) is 19.2. The van der Waals surface area contributed by atoms with Crippen LogP contribution in [0.25, 0.3) is 21.7 Å². The quantitative estimate of drug-likeness (QED) is 0.380. The highest BCUT2D eigenvalue weighted by atomic mass is 32.1. The van der Waals surface area contributed by atoms with Gasteiger partial charge < -0.3 is 14.1 Å². The van der Waals surface area contributed by atoms with Crippen LogP contribution in [0.2, 0.25) is 0 Å². The fraction of sp³-hybridized carbons (Fsp3) is 0.333. The maximum Gasteiger partial charge on any atom is 0.309 e. The average molecular weight is 467 g/mol. The molecule has 0 unspecified atom stereocenters. The minimum atomic E-state index is -0.324. The first kappa shape index (κ1) is 21.5. The molecule has 0 radical (unpaired) electrons. The maximum atomic E-state index is 13.1. The van der Waals surface area contributed by atoms with Crippen molar-refractivity contribution in [1.29, 1.82) is 0 Å². The predicted octanol–water partition coefficient (Wildman–Crippen LogP) is 5.06. The number of ether oxygens (including phenoxy) is 1. The molecular formula is C24H23FN4O3S. The van der Waals surface area contributed by atoms with Crippen LogP contribution in [0.1, 0.15) is 29.0 Å². The molecule has 0 amide bonds. The van der Waals surface area contributed by atoms with Crippen molar-refractivity contribution in [2.24, 2.45) is 5.92 Å². The van der Waals surface area contributed by atoms with E-state index in [1.807, 2.05) is 0 Å². The molecule has 0 N–H and O–H groups in total. The number of anilines is 1. The molecule has 1 fully saturated rings. The van der Waals surface area contributed by atoms with E-state index < -0.39 is 0 Å². The number of carbonyl (C=O) groups is 1. The standard InChI is InChI=1S/C24H23FN4O3S/c1-14-15(2)33-23-20(14)21(26-13-27-23)29-9-7-17(8-10-29)24(30)32-12-19-11-31-22(28-19)16-3-5-18(25)6-4-16/h3-6,11,13,17H,7-10,12H2,1-2H3. The molecule has 1 aromatic carbocycles. The number of fused-ring (bicyclic) bond motifs is 1. The summed E-state index contributed by atoms with van der Waals surface area (Å²) in [6.07, 6.45) is 4.48. The highest BCUT2D eigenvalue weighted by Crippen LogP contribution is 2.35. The Morgan fingerprint density at radius 3 is 2.73 bits per heavy atom. The molecule has 1 aliphatic rings. The van der Waals surface area contributed by atoms with Crippen molar-refractivity contribution in [3.05, 3.63) is 58.8 Å². The van der Waals surface area contributed by atoms with Gasteiger partial charge in [-0.05, 0) is 56.5 Å². The second-order valence-electron chi connectivity index (χ2n) is 8.18. The zero-order chi connectivity index (χ0) is 22.9. The number of carbonyl (C=O) groups excluding carboxylic acids is 1. The molecule has 7 nitrogen and oxygen atoms in total. The van der Waals surface area contributed by atoms with Crippen molar-refractivity contribution in [3.8, 4) is 11.5 Å². The number of hydrogen-bond donors (Lipinski definition) is 0. The van der Waals surface area contributed by atoms with Gasteiger partial charge in [0.1, 0.15) is 41.4 Å². The second kappa shape index (κ2) is 8.90. The fourth-order valence-corrected chi connectivity index (χ4v) is 5.08. The number of thiophene rings is 1. The van der Waals surface area contributed by atoms with Gasteiger partial charge in [0.25, 0.3) is 0 Å². The van der Waals surface area contributed by atoms with E-state index in [0.717, 1.165) is 29.1 Å². The van der Waals surface area contributed by atoms with Crippen molar-refractivity contribution in [2.75, 3.05) is 18.0 Å². The number of nitrogens with zero attached hydrogens (tertiary/aromatic N) is 4. The summed E-state index contributed by atoms with van der Waals surface area (Å²) in [5.74, 6) is 0.605. The Kier molecular flexibility index (Phi) is 5.80. The van der Waals surface area contributed by atoms with Crippen molar-refractivity contribution in [3.63, 3.8) is 0 Å². The molecule has 1 saturated heterocycles. The summed E-state index contributed by atoms with van der Waals surface area (Å²) in [4.78, 5) is 30.4. The molecule has 5 rings (SSSR count). The Bertz CT molecular complexity index is 1290. The van der Waals surface area contributed by atoms with Crippen LogP contribution in [0.3, 0.4) is 0 Å². The summed E-state index contributed by atoms with van der Waals surface area (Å²) in [6.45, 7) is 5.73. The third-order valence-corrected chi connectivity index (χ3v) is 7.19. The van der Waals surface area contributed by atoms with E-state index in [-0.39, 0.29) is 24.3 Å². The van der Waals surface area contributed by atoms with E-state index in [1.54, 1.807) is 29.8 Å². The van der Waals surface area contributed by atoms with Crippen LogP contribution in [0.15, 0.2) is 41.3 Å². The van der Waals surface area contributed by atoms with Gasteiger partial charge >= 0.3 is 5.97 Å². The molecule has 0 spiro atoms. The van der Waals surface area contributed by atoms with Crippen LogP contribution in [0.5, 0.6) is 0 Å². The Hall–Kier alpha value is -3.33. The average Bonchev–Trinajstić information content (AvgIpc) is 3.42. The summed E-state index contributed by atoms with van der Waals surface area (Å²) >= 11 is 1.69. The maximum absolute atomic E-state index is 13.1. The van der Waals surface area contributed by atoms with Crippen LogP contribution in [0, 0.1) is 25.6 Å². The normalized spacial score (nSPS) is 14.7. The van der Waals surface area contributed by atoms with Gasteiger partial charge in [-0.2, -0.15) is 0 Å². The highest BCUT2D eigenvalue weighted by molar-refractivity contribution is 7.18. The van der Waals surface area contributed by atoms with Crippen molar-refractivity contribution in [1.82, 2.24) is 15.0 Å². The van der Waals surface area contributed by atoms with Crippen LogP contribution in [0.4, 0.5) is 10.2 Å². The largest absolute Gasteiger partial charge is 0.459 e. The smallest absolute Gasteiger partial charge is 0.309 e. The monoisotopic (exact) mass is 466 g/mol. The lowest BCUT2D eigenvalue weighted by Gasteiger charge is -2.32. The number of esters is 1. The number of rotatable bonds is 5. The van der Waals surface area contributed by atoms with E-state index in [1.165, 1.54) is 28.8 Å². The molecule has 170 valence electrons. The van der Waals surface area contributed by atoms with Crippen LogP contribution in [-0.4, -0.2) is 34.0 Å². The topological polar surface area (TPSA) is 81.4 Å². The Morgan fingerprint density at radius 1 is 1.21 bits per heavy atom. The molecule has 1 aliphatic heterocycles. The second-order valence-corrected chi connectivity index (χ2v) is 9.38.